The molecule has 4 rings (SSSR count). The second-order valence-electron chi connectivity index (χ2n) is 6.08. The lowest BCUT2D eigenvalue weighted by Gasteiger charge is -2.09. The van der Waals surface area contributed by atoms with Gasteiger partial charge < -0.3 is 4.74 Å². The maximum Gasteiger partial charge on any atom is 0.258 e. The van der Waals surface area contributed by atoms with Crippen molar-refractivity contribution < 1.29 is 9.53 Å². The highest BCUT2D eigenvalue weighted by Gasteiger charge is 2.09. The summed E-state index contributed by atoms with van der Waals surface area (Å²) in [7, 11) is 0. The number of hydrogen-bond acceptors (Lipinski definition) is 5. The molecule has 1 amide bonds. The first-order chi connectivity index (χ1) is 13.8. The SMILES string of the molecule is O=C(Nc1nnn[nH]1)c1cccc(COc2ccc(-c3ccccc3)cc2)c1. The van der Waals surface area contributed by atoms with Crippen molar-refractivity contribution in [1.82, 2.24) is 20.6 Å². The first-order valence-corrected chi connectivity index (χ1v) is 8.70. The second-order valence-corrected chi connectivity index (χ2v) is 6.08. The van der Waals surface area contributed by atoms with Crippen molar-refractivity contribution in [2.45, 2.75) is 6.61 Å². The van der Waals surface area contributed by atoms with E-state index < -0.39 is 0 Å². The van der Waals surface area contributed by atoms with E-state index in [4.69, 9.17) is 4.74 Å². The number of carbonyl (C=O) groups excluding carboxylic acids is 1. The van der Waals surface area contributed by atoms with Gasteiger partial charge in [0, 0.05) is 5.56 Å². The van der Waals surface area contributed by atoms with Crippen molar-refractivity contribution in [3.05, 3.63) is 90.0 Å². The molecule has 0 unspecified atom stereocenters. The van der Waals surface area contributed by atoms with Crippen LogP contribution in [0.3, 0.4) is 0 Å². The van der Waals surface area contributed by atoms with E-state index in [1.54, 1.807) is 12.1 Å². The zero-order chi connectivity index (χ0) is 19.2. The Bertz CT molecular complexity index is 1050. The monoisotopic (exact) mass is 371 g/mol. The molecule has 0 aliphatic carbocycles. The Morgan fingerprint density at radius 3 is 2.46 bits per heavy atom. The summed E-state index contributed by atoms with van der Waals surface area (Å²) in [6.45, 7) is 0.357. The molecular formula is C21H17N5O2. The number of carbonyl (C=O) groups is 1. The van der Waals surface area contributed by atoms with Crippen molar-refractivity contribution >= 4 is 11.9 Å². The fourth-order valence-electron chi connectivity index (χ4n) is 2.74. The minimum atomic E-state index is -0.299. The number of rotatable bonds is 6. The summed E-state index contributed by atoms with van der Waals surface area (Å²) < 4.78 is 5.85. The summed E-state index contributed by atoms with van der Waals surface area (Å²) in [5.41, 5.74) is 3.68. The summed E-state index contributed by atoms with van der Waals surface area (Å²) in [6, 6.07) is 25.3. The van der Waals surface area contributed by atoms with Crippen LogP contribution >= 0.6 is 0 Å². The number of aromatic amines is 1. The topological polar surface area (TPSA) is 92.8 Å². The summed E-state index contributed by atoms with van der Waals surface area (Å²) in [4.78, 5) is 12.2. The van der Waals surface area contributed by atoms with Crippen molar-refractivity contribution in [3.63, 3.8) is 0 Å². The summed E-state index contributed by atoms with van der Waals surface area (Å²) in [5, 5.41) is 15.6. The van der Waals surface area contributed by atoms with Gasteiger partial charge in [-0.05, 0) is 51.4 Å². The summed E-state index contributed by atoms with van der Waals surface area (Å²) in [5.74, 6) is 0.667. The van der Waals surface area contributed by atoms with Crippen molar-refractivity contribution in [2.75, 3.05) is 5.32 Å². The summed E-state index contributed by atoms with van der Waals surface area (Å²) in [6.07, 6.45) is 0. The minimum Gasteiger partial charge on any atom is -0.489 e. The van der Waals surface area contributed by atoms with E-state index in [9.17, 15) is 4.79 Å². The van der Waals surface area contributed by atoms with Gasteiger partial charge >= 0.3 is 0 Å². The second kappa shape index (κ2) is 8.13. The maximum atomic E-state index is 12.2. The van der Waals surface area contributed by atoms with Crippen LogP contribution in [0.1, 0.15) is 15.9 Å². The Hall–Kier alpha value is -4.00. The van der Waals surface area contributed by atoms with E-state index in [1.165, 1.54) is 0 Å². The van der Waals surface area contributed by atoms with E-state index in [0.717, 1.165) is 22.4 Å². The Kier molecular flexibility index (Phi) is 5.06. The molecule has 4 aromatic rings. The van der Waals surface area contributed by atoms with Gasteiger partial charge in [-0.1, -0.05) is 59.7 Å². The Morgan fingerprint density at radius 2 is 1.71 bits per heavy atom. The highest BCUT2D eigenvalue weighted by atomic mass is 16.5. The number of benzene rings is 3. The van der Waals surface area contributed by atoms with E-state index >= 15 is 0 Å². The van der Waals surface area contributed by atoms with Gasteiger partial charge in [-0.3, -0.25) is 10.1 Å². The average molecular weight is 371 g/mol. The standard InChI is InChI=1S/C21H17N5O2/c27-20(22-21-23-25-26-24-21)18-8-4-5-15(13-18)14-28-19-11-9-17(10-12-19)16-6-2-1-3-7-16/h1-13H,14H2,(H2,22,23,24,25,26,27). The van der Waals surface area contributed by atoms with Gasteiger partial charge in [0.2, 0.25) is 5.95 Å². The molecule has 0 aliphatic heterocycles. The maximum absolute atomic E-state index is 12.2. The smallest absolute Gasteiger partial charge is 0.258 e. The molecule has 0 bridgehead atoms. The predicted octanol–water partition coefficient (Wildman–Crippen LogP) is 3.70. The highest BCUT2D eigenvalue weighted by molar-refractivity contribution is 6.03. The van der Waals surface area contributed by atoms with Gasteiger partial charge in [0.15, 0.2) is 0 Å². The molecule has 2 N–H and O–H groups in total. The van der Waals surface area contributed by atoms with E-state index in [2.05, 4.69) is 38.1 Å². The van der Waals surface area contributed by atoms with E-state index in [1.807, 2.05) is 54.6 Å². The fourth-order valence-corrected chi connectivity index (χ4v) is 2.74. The Balaban J connectivity index is 1.39. The first kappa shape index (κ1) is 17.4. The lowest BCUT2D eigenvalue weighted by atomic mass is 10.1. The van der Waals surface area contributed by atoms with Gasteiger partial charge in [-0.25, -0.2) is 5.10 Å². The van der Waals surface area contributed by atoms with Crippen LogP contribution in [0.2, 0.25) is 0 Å². The van der Waals surface area contributed by atoms with Gasteiger partial charge in [0.05, 0.1) is 0 Å². The number of anilines is 1. The molecule has 0 aliphatic rings. The molecule has 28 heavy (non-hydrogen) atoms. The zero-order valence-electron chi connectivity index (χ0n) is 14.9. The quantitative estimate of drug-likeness (QED) is 0.539. The molecular weight excluding hydrogens is 354 g/mol. The zero-order valence-corrected chi connectivity index (χ0v) is 14.9. The number of tetrazole rings is 1. The number of aromatic nitrogens is 4. The lowest BCUT2D eigenvalue weighted by molar-refractivity contribution is 0.102. The normalized spacial score (nSPS) is 10.4. The van der Waals surface area contributed by atoms with E-state index in [-0.39, 0.29) is 11.9 Å². The third-order valence-electron chi connectivity index (χ3n) is 4.13. The van der Waals surface area contributed by atoms with Crippen LogP contribution in [0.4, 0.5) is 5.95 Å². The largest absolute Gasteiger partial charge is 0.489 e. The molecule has 3 aromatic carbocycles. The van der Waals surface area contributed by atoms with Crippen LogP contribution < -0.4 is 10.1 Å². The minimum absolute atomic E-state index is 0.199. The Labute approximate surface area is 161 Å². The van der Waals surface area contributed by atoms with Crippen LogP contribution in [-0.4, -0.2) is 26.5 Å². The molecule has 1 heterocycles. The number of nitrogens with one attached hydrogen (secondary N) is 2. The molecule has 138 valence electrons. The number of hydrogen-bond donors (Lipinski definition) is 2. The molecule has 7 heteroatoms. The molecule has 0 atom stereocenters. The summed E-state index contributed by atoms with van der Waals surface area (Å²) >= 11 is 0. The van der Waals surface area contributed by atoms with E-state index in [0.29, 0.717) is 12.2 Å². The molecule has 0 saturated carbocycles. The molecule has 0 fully saturated rings. The highest BCUT2D eigenvalue weighted by Crippen LogP contribution is 2.22. The molecule has 7 nitrogen and oxygen atoms in total. The predicted molar refractivity (Wildman–Crippen MR) is 105 cm³/mol. The number of nitrogens with zero attached hydrogens (tertiary/aromatic N) is 3. The first-order valence-electron chi connectivity index (χ1n) is 8.70. The Morgan fingerprint density at radius 1 is 0.929 bits per heavy atom. The van der Waals surface area contributed by atoms with Crippen LogP contribution in [0.5, 0.6) is 5.75 Å². The van der Waals surface area contributed by atoms with Gasteiger partial charge in [0.25, 0.3) is 5.91 Å². The number of amides is 1. The van der Waals surface area contributed by atoms with Crippen molar-refractivity contribution in [1.29, 1.82) is 0 Å². The van der Waals surface area contributed by atoms with Gasteiger partial charge in [0.1, 0.15) is 12.4 Å². The van der Waals surface area contributed by atoms with Crippen molar-refractivity contribution in [2.24, 2.45) is 0 Å². The van der Waals surface area contributed by atoms with Crippen LogP contribution in [0.15, 0.2) is 78.9 Å². The third-order valence-corrected chi connectivity index (χ3v) is 4.13. The lowest BCUT2D eigenvalue weighted by Crippen LogP contribution is -2.13. The molecule has 0 spiro atoms. The molecule has 0 saturated heterocycles. The van der Waals surface area contributed by atoms with Crippen LogP contribution in [0, 0.1) is 0 Å². The number of ether oxygens (including phenoxy) is 1. The molecule has 1 aromatic heterocycles. The molecule has 0 radical (unpaired) electrons. The number of H-pyrrole nitrogens is 1. The van der Waals surface area contributed by atoms with Crippen LogP contribution in [-0.2, 0) is 6.61 Å². The fraction of sp³-hybridized carbons (Fsp3) is 0.0476. The van der Waals surface area contributed by atoms with Gasteiger partial charge in [-0.15, -0.1) is 0 Å². The van der Waals surface area contributed by atoms with Gasteiger partial charge in [-0.2, -0.15) is 0 Å². The van der Waals surface area contributed by atoms with Crippen LogP contribution in [0.25, 0.3) is 11.1 Å². The third kappa shape index (κ3) is 4.21. The average Bonchev–Trinajstić information content (AvgIpc) is 3.26. The van der Waals surface area contributed by atoms with Crippen molar-refractivity contribution in [3.8, 4) is 16.9 Å².